The Morgan fingerprint density at radius 2 is 1.53 bits per heavy atom. The summed E-state index contributed by atoms with van der Waals surface area (Å²) < 4.78 is 0. The summed E-state index contributed by atoms with van der Waals surface area (Å²) >= 11 is 1.44. The molecule has 0 fully saturated rings. The highest BCUT2D eigenvalue weighted by atomic mass is 32.2. The van der Waals surface area contributed by atoms with Crippen molar-refractivity contribution >= 4 is 41.4 Å². The summed E-state index contributed by atoms with van der Waals surface area (Å²) in [6, 6.07) is -4.93. The van der Waals surface area contributed by atoms with Gasteiger partial charge >= 0.3 is 5.97 Å². The molecule has 0 aliphatic rings. The van der Waals surface area contributed by atoms with Crippen LogP contribution < -0.4 is 27.4 Å². The number of amides is 4. The zero-order valence-corrected chi connectivity index (χ0v) is 19.6. The van der Waals surface area contributed by atoms with Gasteiger partial charge in [-0.05, 0) is 31.3 Å². The van der Waals surface area contributed by atoms with E-state index in [0.717, 1.165) is 0 Å². The molecule has 0 saturated carbocycles. The SMILES string of the molecule is CCC(C)C(NC(=O)C(CCSC)NC(=O)C(N)C(C)O)C(=O)NC(CC(N)=O)C(=O)O. The maximum Gasteiger partial charge on any atom is 0.326 e. The normalized spacial score (nSPS) is 16.6. The fraction of sp³-hybridized carbons (Fsp3) is 0.737. The van der Waals surface area contributed by atoms with Gasteiger partial charge in [0, 0.05) is 0 Å². The van der Waals surface area contributed by atoms with Crippen LogP contribution in [0, 0.1) is 5.92 Å². The Hall–Kier alpha value is -2.38. The second kappa shape index (κ2) is 14.6. The van der Waals surface area contributed by atoms with Crippen molar-refractivity contribution < 1.29 is 34.2 Å². The molecule has 0 aromatic heterocycles. The van der Waals surface area contributed by atoms with Crippen LogP contribution in [0.4, 0.5) is 0 Å². The Labute approximate surface area is 191 Å². The van der Waals surface area contributed by atoms with Crippen LogP contribution in [0.25, 0.3) is 0 Å². The average molecular weight is 478 g/mol. The summed E-state index contributed by atoms with van der Waals surface area (Å²) in [5.41, 5.74) is 10.7. The molecule has 0 saturated heterocycles. The first-order chi connectivity index (χ1) is 14.8. The first-order valence-corrected chi connectivity index (χ1v) is 11.6. The second-order valence-corrected chi connectivity index (χ2v) is 8.54. The first kappa shape index (κ1) is 29.6. The summed E-state index contributed by atoms with van der Waals surface area (Å²) in [7, 11) is 0. The number of hydrogen-bond acceptors (Lipinski definition) is 8. The Kier molecular flexibility index (Phi) is 13.5. The Morgan fingerprint density at radius 3 is 1.97 bits per heavy atom. The van der Waals surface area contributed by atoms with E-state index in [1.165, 1.54) is 18.7 Å². The fourth-order valence-corrected chi connectivity index (χ4v) is 3.08. The number of carboxylic acid groups (broad SMARTS) is 1. The van der Waals surface area contributed by atoms with Crippen molar-refractivity contribution in [2.45, 2.75) is 70.3 Å². The quantitative estimate of drug-likeness (QED) is 0.137. The van der Waals surface area contributed by atoms with E-state index in [1.807, 2.05) is 6.26 Å². The number of rotatable bonds is 15. The van der Waals surface area contributed by atoms with Crippen LogP contribution in [0.5, 0.6) is 0 Å². The summed E-state index contributed by atoms with van der Waals surface area (Å²) in [5.74, 6) is -4.40. The maximum absolute atomic E-state index is 12.9. The topological polar surface area (TPSA) is 214 Å². The third kappa shape index (κ3) is 10.3. The van der Waals surface area contributed by atoms with Crippen molar-refractivity contribution in [3.8, 4) is 0 Å². The average Bonchev–Trinajstić information content (AvgIpc) is 2.72. The monoisotopic (exact) mass is 477 g/mol. The van der Waals surface area contributed by atoms with E-state index in [-0.39, 0.29) is 6.42 Å². The number of aliphatic hydroxyl groups is 1. The third-order valence-electron chi connectivity index (χ3n) is 4.88. The molecule has 0 aliphatic carbocycles. The van der Waals surface area contributed by atoms with Gasteiger partial charge in [0.2, 0.25) is 23.6 Å². The molecule has 0 spiro atoms. The number of aliphatic carboxylic acids is 1. The molecule has 0 aromatic carbocycles. The van der Waals surface area contributed by atoms with Crippen LogP contribution >= 0.6 is 11.8 Å². The van der Waals surface area contributed by atoms with Crippen LogP contribution in [-0.4, -0.2) is 82.1 Å². The molecule has 32 heavy (non-hydrogen) atoms. The first-order valence-electron chi connectivity index (χ1n) is 10.2. The molecule has 0 bridgehead atoms. The zero-order chi connectivity index (χ0) is 25.0. The molecule has 13 heteroatoms. The lowest BCUT2D eigenvalue weighted by atomic mass is 9.97. The standard InChI is InChI=1S/C19H35N5O7S/c1-5-9(2)15(18(29)23-12(19(30)31)8-13(20)26)24-16(27)11(6-7-32-4)22-17(28)14(21)10(3)25/h9-12,14-15,25H,5-8,21H2,1-4H3,(H2,20,26)(H,22,28)(H,23,29)(H,24,27)(H,30,31). The number of aliphatic hydroxyl groups excluding tert-OH is 1. The van der Waals surface area contributed by atoms with Gasteiger partial charge in [-0.15, -0.1) is 0 Å². The van der Waals surface area contributed by atoms with E-state index in [0.29, 0.717) is 12.2 Å². The van der Waals surface area contributed by atoms with Gasteiger partial charge in [0.15, 0.2) is 0 Å². The smallest absolute Gasteiger partial charge is 0.326 e. The van der Waals surface area contributed by atoms with Crippen molar-refractivity contribution in [1.82, 2.24) is 16.0 Å². The number of carbonyl (C=O) groups excluding carboxylic acids is 4. The molecule has 0 rings (SSSR count). The number of thioether (sulfide) groups is 1. The minimum atomic E-state index is -1.54. The van der Waals surface area contributed by atoms with Crippen molar-refractivity contribution in [2.75, 3.05) is 12.0 Å². The highest BCUT2D eigenvalue weighted by molar-refractivity contribution is 7.98. The second-order valence-electron chi connectivity index (χ2n) is 7.55. The van der Waals surface area contributed by atoms with E-state index in [2.05, 4.69) is 16.0 Å². The number of nitrogens with two attached hydrogens (primary N) is 2. The Bertz CT molecular complexity index is 676. The summed E-state index contributed by atoms with van der Waals surface area (Å²) in [6.07, 6.45) is 0.793. The van der Waals surface area contributed by atoms with Crippen LogP contribution in [0.2, 0.25) is 0 Å². The molecule has 12 nitrogen and oxygen atoms in total. The van der Waals surface area contributed by atoms with E-state index >= 15 is 0 Å². The van der Waals surface area contributed by atoms with E-state index in [9.17, 15) is 34.2 Å². The maximum atomic E-state index is 12.9. The van der Waals surface area contributed by atoms with Gasteiger partial charge in [-0.2, -0.15) is 11.8 Å². The van der Waals surface area contributed by atoms with Gasteiger partial charge in [0.25, 0.3) is 0 Å². The lowest BCUT2D eigenvalue weighted by Crippen LogP contribution is -2.59. The molecule has 4 amide bonds. The van der Waals surface area contributed by atoms with Gasteiger partial charge < -0.3 is 37.6 Å². The van der Waals surface area contributed by atoms with Gasteiger partial charge in [0.1, 0.15) is 24.2 Å². The Balaban J connectivity index is 5.54. The predicted molar refractivity (Wildman–Crippen MR) is 119 cm³/mol. The summed E-state index contributed by atoms with van der Waals surface area (Å²) in [6.45, 7) is 4.81. The fourth-order valence-electron chi connectivity index (χ4n) is 2.61. The van der Waals surface area contributed by atoms with E-state index in [1.54, 1.807) is 13.8 Å². The van der Waals surface area contributed by atoms with Gasteiger partial charge in [0.05, 0.1) is 12.5 Å². The molecular weight excluding hydrogens is 442 g/mol. The Morgan fingerprint density at radius 1 is 0.969 bits per heavy atom. The minimum absolute atomic E-state index is 0.236. The molecule has 9 N–H and O–H groups in total. The third-order valence-corrected chi connectivity index (χ3v) is 5.52. The predicted octanol–water partition coefficient (Wildman–Crippen LogP) is -2.09. The number of primary amides is 1. The molecule has 6 atom stereocenters. The molecule has 6 unspecified atom stereocenters. The van der Waals surface area contributed by atoms with E-state index in [4.69, 9.17) is 11.5 Å². The molecule has 0 radical (unpaired) electrons. The van der Waals surface area contributed by atoms with E-state index < -0.39 is 72.2 Å². The number of hydrogen-bond donors (Lipinski definition) is 7. The van der Waals surface area contributed by atoms with Crippen LogP contribution in [0.15, 0.2) is 0 Å². The highest BCUT2D eigenvalue weighted by Gasteiger charge is 2.33. The van der Waals surface area contributed by atoms with Crippen molar-refractivity contribution in [2.24, 2.45) is 17.4 Å². The van der Waals surface area contributed by atoms with Crippen LogP contribution in [0.1, 0.15) is 40.0 Å². The van der Waals surface area contributed by atoms with Gasteiger partial charge in [-0.1, -0.05) is 20.3 Å². The van der Waals surface area contributed by atoms with Crippen molar-refractivity contribution in [3.05, 3.63) is 0 Å². The number of nitrogens with one attached hydrogen (secondary N) is 3. The summed E-state index contributed by atoms with van der Waals surface area (Å²) in [4.78, 5) is 60.3. The van der Waals surface area contributed by atoms with Gasteiger partial charge in [-0.3, -0.25) is 19.2 Å². The lowest BCUT2D eigenvalue weighted by Gasteiger charge is -2.28. The molecule has 0 heterocycles. The van der Waals surface area contributed by atoms with Gasteiger partial charge in [-0.25, -0.2) is 4.79 Å². The van der Waals surface area contributed by atoms with Crippen molar-refractivity contribution in [3.63, 3.8) is 0 Å². The van der Waals surface area contributed by atoms with Crippen LogP contribution in [0.3, 0.4) is 0 Å². The molecule has 0 aromatic rings. The number of carbonyl (C=O) groups is 5. The zero-order valence-electron chi connectivity index (χ0n) is 18.8. The molecule has 0 aliphatic heterocycles. The lowest BCUT2D eigenvalue weighted by molar-refractivity contribution is -0.144. The largest absolute Gasteiger partial charge is 0.480 e. The molecular formula is C19H35N5O7S. The highest BCUT2D eigenvalue weighted by Crippen LogP contribution is 2.11. The number of carboxylic acids is 1. The minimum Gasteiger partial charge on any atom is -0.480 e. The van der Waals surface area contributed by atoms with Crippen molar-refractivity contribution in [1.29, 1.82) is 0 Å². The van der Waals surface area contributed by atoms with Crippen LogP contribution in [-0.2, 0) is 24.0 Å². The summed E-state index contributed by atoms with van der Waals surface area (Å²) in [5, 5.41) is 26.0. The molecule has 184 valence electrons.